The van der Waals surface area contributed by atoms with Crippen molar-refractivity contribution in [1.82, 2.24) is 9.88 Å². The van der Waals surface area contributed by atoms with E-state index >= 15 is 0 Å². The summed E-state index contributed by atoms with van der Waals surface area (Å²) in [6.45, 7) is 0.0206. The molecule has 130 valence electrons. The van der Waals surface area contributed by atoms with Crippen molar-refractivity contribution in [2.75, 3.05) is 6.54 Å². The Balaban J connectivity index is 1.92. The first-order valence-electron chi connectivity index (χ1n) is 7.54. The van der Waals surface area contributed by atoms with Gasteiger partial charge in [-0.05, 0) is 30.2 Å². The molecule has 3 rings (SSSR count). The van der Waals surface area contributed by atoms with Crippen molar-refractivity contribution in [1.29, 1.82) is 5.26 Å². The van der Waals surface area contributed by atoms with Gasteiger partial charge in [0.1, 0.15) is 11.8 Å². The Morgan fingerprint density at radius 3 is 2.76 bits per heavy atom. The quantitative estimate of drug-likeness (QED) is 0.875. The first-order chi connectivity index (χ1) is 11.8. The summed E-state index contributed by atoms with van der Waals surface area (Å²) in [5.41, 5.74) is -0.0516. The Labute approximate surface area is 141 Å². The summed E-state index contributed by atoms with van der Waals surface area (Å²) in [4.78, 5) is 16.6. The zero-order chi connectivity index (χ0) is 18.2. The highest BCUT2D eigenvalue weighted by molar-refractivity contribution is 5.95. The number of H-pyrrole nitrogens is 1. The number of alkyl halides is 3. The van der Waals surface area contributed by atoms with Gasteiger partial charge in [-0.3, -0.25) is 4.79 Å². The average molecular weight is 349 g/mol. The molecule has 8 heteroatoms. The Hall–Kier alpha value is -2.79. The van der Waals surface area contributed by atoms with E-state index in [2.05, 4.69) is 4.98 Å². The molecule has 2 aromatic rings. The van der Waals surface area contributed by atoms with Crippen molar-refractivity contribution in [3.8, 4) is 6.07 Å². The first-order valence-corrected chi connectivity index (χ1v) is 7.54. The van der Waals surface area contributed by atoms with E-state index in [1.165, 1.54) is 29.3 Å². The van der Waals surface area contributed by atoms with Crippen LogP contribution in [0.4, 0.5) is 13.2 Å². The minimum Gasteiger partial charge on any atom is -0.391 e. The van der Waals surface area contributed by atoms with Crippen LogP contribution in [0.2, 0.25) is 0 Å². The molecule has 0 bridgehead atoms. The summed E-state index contributed by atoms with van der Waals surface area (Å²) >= 11 is 0. The van der Waals surface area contributed by atoms with E-state index in [-0.39, 0.29) is 24.2 Å². The van der Waals surface area contributed by atoms with Crippen LogP contribution in [-0.4, -0.2) is 33.5 Å². The van der Waals surface area contributed by atoms with E-state index in [1.807, 2.05) is 6.07 Å². The summed E-state index contributed by atoms with van der Waals surface area (Å²) in [5.74, 6) is -0.447. The highest BCUT2D eigenvalue weighted by Gasteiger charge is 2.37. The van der Waals surface area contributed by atoms with Gasteiger partial charge in [-0.25, -0.2) is 0 Å². The molecule has 1 aliphatic rings. The van der Waals surface area contributed by atoms with Crippen LogP contribution in [-0.2, 0) is 6.18 Å². The maximum Gasteiger partial charge on any atom is 0.416 e. The number of aliphatic hydroxyl groups excluding tert-OH is 1. The van der Waals surface area contributed by atoms with Crippen molar-refractivity contribution >= 4 is 5.91 Å². The number of hydrogen-bond acceptors (Lipinski definition) is 3. The van der Waals surface area contributed by atoms with Gasteiger partial charge in [0.05, 0.1) is 23.3 Å². The van der Waals surface area contributed by atoms with Crippen LogP contribution in [0, 0.1) is 11.3 Å². The Kier molecular flexibility index (Phi) is 4.27. The number of hydrogen-bond donors (Lipinski definition) is 2. The lowest BCUT2D eigenvalue weighted by molar-refractivity contribution is -0.137. The van der Waals surface area contributed by atoms with Crippen LogP contribution in [0.3, 0.4) is 0 Å². The van der Waals surface area contributed by atoms with Crippen molar-refractivity contribution < 1.29 is 23.1 Å². The highest BCUT2D eigenvalue weighted by Crippen LogP contribution is 2.36. The van der Waals surface area contributed by atoms with Gasteiger partial charge in [0.25, 0.3) is 5.91 Å². The predicted octanol–water partition coefficient (Wildman–Crippen LogP) is 2.85. The number of benzene rings is 1. The molecular weight excluding hydrogens is 335 g/mol. The topological polar surface area (TPSA) is 80.1 Å². The Morgan fingerprint density at radius 1 is 1.36 bits per heavy atom. The van der Waals surface area contributed by atoms with Gasteiger partial charge in [0, 0.05) is 12.7 Å². The smallest absolute Gasteiger partial charge is 0.391 e. The lowest BCUT2D eigenvalue weighted by Gasteiger charge is -2.25. The third-order valence-corrected chi connectivity index (χ3v) is 4.19. The monoisotopic (exact) mass is 349 g/mol. The fourth-order valence-corrected chi connectivity index (χ4v) is 3.02. The third kappa shape index (κ3) is 3.37. The van der Waals surface area contributed by atoms with Crippen LogP contribution >= 0.6 is 0 Å². The van der Waals surface area contributed by atoms with Crippen LogP contribution in [0.15, 0.2) is 36.5 Å². The number of amides is 1. The molecule has 2 unspecified atom stereocenters. The summed E-state index contributed by atoms with van der Waals surface area (Å²) in [6.07, 6.45) is -3.78. The first kappa shape index (κ1) is 17.0. The molecule has 2 atom stereocenters. The molecule has 2 N–H and O–H groups in total. The lowest BCUT2D eigenvalue weighted by Crippen LogP contribution is -2.31. The third-order valence-electron chi connectivity index (χ3n) is 4.19. The zero-order valence-corrected chi connectivity index (χ0v) is 12.9. The van der Waals surface area contributed by atoms with Gasteiger partial charge in [0.2, 0.25) is 0 Å². The normalized spacial score (nSPS) is 20.5. The molecule has 0 saturated carbocycles. The predicted molar refractivity (Wildman–Crippen MR) is 81.4 cm³/mol. The van der Waals surface area contributed by atoms with E-state index < -0.39 is 29.8 Å². The number of likely N-dealkylation sites (tertiary alicyclic amines) is 1. The molecule has 5 nitrogen and oxygen atoms in total. The number of carbonyl (C=O) groups excluding carboxylic acids is 1. The lowest BCUT2D eigenvalue weighted by atomic mass is 10.0. The number of aliphatic hydroxyl groups is 1. The number of aromatic nitrogens is 1. The standard InChI is InChI=1S/C17H14F3N3O2/c18-17(19,20)12-3-1-2-10(4-12)15-6-14(24)9-23(15)16(25)11-5-13(7-21)22-8-11/h1-5,8,14-15,22,24H,6,9H2. The van der Waals surface area contributed by atoms with Crippen molar-refractivity contribution in [3.05, 3.63) is 58.9 Å². The van der Waals surface area contributed by atoms with Crippen molar-refractivity contribution in [2.45, 2.75) is 24.7 Å². The fraction of sp³-hybridized carbons (Fsp3) is 0.294. The summed E-state index contributed by atoms with van der Waals surface area (Å²) < 4.78 is 38.8. The van der Waals surface area contributed by atoms with Gasteiger partial charge in [-0.1, -0.05) is 12.1 Å². The number of nitrogens with one attached hydrogen (secondary N) is 1. The van der Waals surface area contributed by atoms with Crippen LogP contribution in [0.5, 0.6) is 0 Å². The maximum absolute atomic E-state index is 12.9. The number of rotatable bonds is 2. The van der Waals surface area contributed by atoms with Crippen molar-refractivity contribution in [2.24, 2.45) is 0 Å². The molecule has 1 aromatic carbocycles. The minimum atomic E-state index is -4.48. The number of halogens is 3. The molecule has 2 heterocycles. The SMILES string of the molecule is N#Cc1cc(C(=O)N2CC(O)CC2c2cccc(C(F)(F)F)c2)c[nH]1. The number of nitriles is 1. The van der Waals surface area contributed by atoms with Gasteiger partial charge < -0.3 is 15.0 Å². The second kappa shape index (κ2) is 6.26. The molecule has 0 spiro atoms. The number of carbonyl (C=O) groups is 1. The van der Waals surface area contributed by atoms with E-state index in [1.54, 1.807) is 0 Å². The summed E-state index contributed by atoms with van der Waals surface area (Å²) in [5, 5.41) is 18.8. The molecule has 1 fully saturated rings. The fourth-order valence-electron chi connectivity index (χ4n) is 3.02. The van der Waals surface area contributed by atoms with E-state index in [0.29, 0.717) is 5.56 Å². The second-order valence-electron chi connectivity index (χ2n) is 5.90. The van der Waals surface area contributed by atoms with E-state index in [9.17, 15) is 23.1 Å². The Bertz CT molecular complexity index is 838. The average Bonchev–Trinajstić information content (AvgIpc) is 3.20. The highest BCUT2D eigenvalue weighted by atomic mass is 19.4. The maximum atomic E-state index is 12.9. The molecule has 1 aromatic heterocycles. The molecule has 0 radical (unpaired) electrons. The second-order valence-corrected chi connectivity index (χ2v) is 5.90. The molecule has 25 heavy (non-hydrogen) atoms. The molecule has 1 saturated heterocycles. The van der Waals surface area contributed by atoms with Gasteiger partial charge in [0.15, 0.2) is 0 Å². The molecule has 0 aliphatic carbocycles. The molecular formula is C17H14F3N3O2. The van der Waals surface area contributed by atoms with Gasteiger partial charge >= 0.3 is 6.18 Å². The minimum absolute atomic E-state index is 0.0206. The van der Waals surface area contributed by atoms with Crippen LogP contribution in [0.25, 0.3) is 0 Å². The van der Waals surface area contributed by atoms with Crippen LogP contribution in [0.1, 0.15) is 39.6 Å². The zero-order valence-electron chi connectivity index (χ0n) is 12.9. The van der Waals surface area contributed by atoms with Crippen LogP contribution < -0.4 is 0 Å². The summed E-state index contributed by atoms with van der Waals surface area (Å²) in [7, 11) is 0. The largest absolute Gasteiger partial charge is 0.416 e. The number of nitrogens with zero attached hydrogens (tertiary/aromatic N) is 2. The van der Waals surface area contributed by atoms with Gasteiger partial charge in [-0.15, -0.1) is 0 Å². The number of β-amino-alcohol motifs (C(OH)–C–C–N with tert-alkyl or cyclic N) is 1. The van der Waals surface area contributed by atoms with E-state index in [0.717, 1.165) is 12.1 Å². The van der Waals surface area contributed by atoms with E-state index in [4.69, 9.17) is 5.26 Å². The van der Waals surface area contributed by atoms with Gasteiger partial charge in [-0.2, -0.15) is 18.4 Å². The molecule has 1 amide bonds. The Morgan fingerprint density at radius 2 is 2.12 bits per heavy atom. The summed E-state index contributed by atoms with van der Waals surface area (Å²) in [6, 6.07) is 7.34. The van der Waals surface area contributed by atoms with Crippen molar-refractivity contribution in [3.63, 3.8) is 0 Å². The molecule has 1 aliphatic heterocycles. The number of aromatic amines is 1.